The number of carbonyl (C=O) groups excluding carboxylic acids is 1. The van der Waals surface area contributed by atoms with Crippen molar-refractivity contribution < 1.29 is 14.3 Å². The normalized spacial score (nSPS) is 11.1. The average Bonchev–Trinajstić information content (AvgIpc) is 2.55. The fourth-order valence-electron chi connectivity index (χ4n) is 2.27. The van der Waals surface area contributed by atoms with Gasteiger partial charge >= 0.3 is 0 Å². The molecule has 24 heavy (non-hydrogen) atoms. The molecule has 0 fully saturated rings. The summed E-state index contributed by atoms with van der Waals surface area (Å²) in [6.07, 6.45) is 0. The van der Waals surface area contributed by atoms with Crippen LogP contribution in [0.1, 0.15) is 36.7 Å². The molecule has 1 amide bonds. The van der Waals surface area contributed by atoms with E-state index in [1.165, 1.54) is 5.56 Å². The highest BCUT2D eigenvalue weighted by atomic mass is 79.9. The standard InChI is InChI=1S/C19H22BrNO3/c1-19(2,3)13-8-6-12(7-9-13)18(22)21-15-11-16(23-4)14(20)10-17(15)24-5/h6-11H,1-5H3,(H,21,22). The zero-order valence-electron chi connectivity index (χ0n) is 14.6. The molecule has 2 aromatic rings. The number of hydrogen-bond donors (Lipinski definition) is 1. The van der Waals surface area contributed by atoms with Gasteiger partial charge in [0.2, 0.25) is 0 Å². The molecular formula is C19H22BrNO3. The second-order valence-corrected chi connectivity index (χ2v) is 7.32. The van der Waals surface area contributed by atoms with E-state index in [4.69, 9.17) is 9.47 Å². The summed E-state index contributed by atoms with van der Waals surface area (Å²) in [5.74, 6) is 0.981. The number of hydrogen-bond acceptors (Lipinski definition) is 3. The Morgan fingerprint density at radius 2 is 1.58 bits per heavy atom. The molecule has 0 saturated heterocycles. The van der Waals surface area contributed by atoms with Crippen LogP contribution >= 0.6 is 15.9 Å². The fourth-order valence-corrected chi connectivity index (χ4v) is 2.76. The van der Waals surface area contributed by atoms with Gasteiger partial charge in [-0.15, -0.1) is 0 Å². The maximum absolute atomic E-state index is 12.5. The first kappa shape index (κ1) is 18.3. The highest BCUT2D eigenvalue weighted by molar-refractivity contribution is 9.10. The van der Waals surface area contributed by atoms with Gasteiger partial charge in [0.25, 0.3) is 5.91 Å². The molecule has 2 rings (SSSR count). The van der Waals surface area contributed by atoms with Gasteiger partial charge in [0.05, 0.1) is 24.4 Å². The van der Waals surface area contributed by atoms with Crippen LogP contribution in [0.2, 0.25) is 0 Å². The van der Waals surface area contributed by atoms with Crippen molar-refractivity contribution in [1.82, 2.24) is 0 Å². The SMILES string of the molecule is COc1cc(NC(=O)c2ccc(C(C)(C)C)cc2)c(OC)cc1Br. The lowest BCUT2D eigenvalue weighted by molar-refractivity contribution is 0.102. The van der Waals surface area contributed by atoms with Crippen LogP contribution in [0.25, 0.3) is 0 Å². The van der Waals surface area contributed by atoms with Gasteiger partial charge in [0.15, 0.2) is 0 Å². The van der Waals surface area contributed by atoms with E-state index in [0.29, 0.717) is 22.7 Å². The molecule has 0 atom stereocenters. The molecule has 1 N–H and O–H groups in total. The van der Waals surface area contributed by atoms with Gasteiger partial charge in [-0.25, -0.2) is 0 Å². The number of benzene rings is 2. The maximum Gasteiger partial charge on any atom is 0.255 e. The molecule has 0 bridgehead atoms. The zero-order chi connectivity index (χ0) is 17.9. The van der Waals surface area contributed by atoms with E-state index >= 15 is 0 Å². The Morgan fingerprint density at radius 1 is 1.00 bits per heavy atom. The van der Waals surface area contributed by atoms with E-state index in [9.17, 15) is 4.79 Å². The van der Waals surface area contributed by atoms with Crippen molar-refractivity contribution in [3.05, 3.63) is 52.0 Å². The van der Waals surface area contributed by atoms with Crippen molar-refractivity contribution >= 4 is 27.5 Å². The lowest BCUT2D eigenvalue weighted by Gasteiger charge is -2.19. The van der Waals surface area contributed by atoms with Gasteiger partial charge in [0, 0.05) is 17.7 Å². The largest absolute Gasteiger partial charge is 0.495 e. The number of halogens is 1. The quantitative estimate of drug-likeness (QED) is 0.795. The third kappa shape index (κ3) is 4.09. The highest BCUT2D eigenvalue weighted by Gasteiger charge is 2.16. The van der Waals surface area contributed by atoms with E-state index < -0.39 is 0 Å². The molecule has 0 aliphatic carbocycles. The number of methoxy groups -OCH3 is 2. The molecule has 0 aliphatic heterocycles. The van der Waals surface area contributed by atoms with Gasteiger partial charge in [-0.05, 0) is 39.0 Å². The van der Waals surface area contributed by atoms with Crippen LogP contribution in [-0.4, -0.2) is 20.1 Å². The van der Waals surface area contributed by atoms with Crippen molar-refractivity contribution in [3.63, 3.8) is 0 Å². The van der Waals surface area contributed by atoms with Crippen molar-refractivity contribution in [3.8, 4) is 11.5 Å². The summed E-state index contributed by atoms with van der Waals surface area (Å²) in [6.45, 7) is 6.42. The smallest absolute Gasteiger partial charge is 0.255 e. The zero-order valence-corrected chi connectivity index (χ0v) is 16.2. The topological polar surface area (TPSA) is 47.6 Å². The van der Waals surface area contributed by atoms with E-state index in [1.54, 1.807) is 26.4 Å². The van der Waals surface area contributed by atoms with Gasteiger partial charge in [0.1, 0.15) is 11.5 Å². The third-order valence-electron chi connectivity index (χ3n) is 3.74. The van der Waals surface area contributed by atoms with Gasteiger partial charge in [-0.2, -0.15) is 0 Å². The number of nitrogens with one attached hydrogen (secondary N) is 1. The second kappa shape index (κ2) is 7.26. The predicted molar refractivity (Wildman–Crippen MR) is 100 cm³/mol. The van der Waals surface area contributed by atoms with Gasteiger partial charge < -0.3 is 14.8 Å². The molecule has 4 nitrogen and oxygen atoms in total. The van der Waals surface area contributed by atoms with Crippen LogP contribution in [0.5, 0.6) is 11.5 Å². The maximum atomic E-state index is 12.5. The second-order valence-electron chi connectivity index (χ2n) is 6.47. The Labute approximate surface area is 151 Å². The first-order valence-electron chi connectivity index (χ1n) is 7.59. The number of anilines is 1. The summed E-state index contributed by atoms with van der Waals surface area (Å²) < 4.78 is 11.4. The lowest BCUT2D eigenvalue weighted by Crippen LogP contribution is -2.15. The molecule has 0 aromatic heterocycles. The minimum absolute atomic E-state index is 0.0529. The van der Waals surface area contributed by atoms with Crippen LogP contribution < -0.4 is 14.8 Å². The number of rotatable bonds is 4. The minimum Gasteiger partial charge on any atom is -0.495 e. The first-order valence-corrected chi connectivity index (χ1v) is 8.39. The Hall–Kier alpha value is -2.01. The summed E-state index contributed by atoms with van der Waals surface area (Å²) in [5, 5.41) is 2.87. The monoisotopic (exact) mass is 391 g/mol. The van der Waals surface area contributed by atoms with Crippen LogP contribution in [0.15, 0.2) is 40.9 Å². The first-order chi connectivity index (χ1) is 11.3. The van der Waals surface area contributed by atoms with E-state index in [0.717, 1.165) is 4.47 Å². The molecule has 0 unspecified atom stereocenters. The van der Waals surface area contributed by atoms with Crippen LogP contribution in [0, 0.1) is 0 Å². The summed E-state index contributed by atoms with van der Waals surface area (Å²) >= 11 is 3.40. The molecule has 0 spiro atoms. The summed E-state index contributed by atoms with van der Waals surface area (Å²) in [4.78, 5) is 12.5. The molecule has 0 saturated carbocycles. The van der Waals surface area contributed by atoms with Crippen molar-refractivity contribution in [2.24, 2.45) is 0 Å². The Balaban J connectivity index is 2.26. The molecule has 0 heterocycles. The molecule has 0 aliphatic rings. The van der Waals surface area contributed by atoms with Crippen molar-refractivity contribution in [2.45, 2.75) is 26.2 Å². The predicted octanol–water partition coefficient (Wildman–Crippen LogP) is 5.02. The Kier molecular flexibility index (Phi) is 5.54. The van der Waals surface area contributed by atoms with Crippen LogP contribution in [-0.2, 0) is 5.41 Å². The Bertz CT molecular complexity index is 734. The number of carbonyl (C=O) groups is 1. The minimum atomic E-state index is -0.196. The number of amides is 1. The Morgan fingerprint density at radius 3 is 2.08 bits per heavy atom. The number of ether oxygens (including phenoxy) is 2. The highest BCUT2D eigenvalue weighted by Crippen LogP contribution is 2.36. The summed E-state index contributed by atoms with van der Waals surface area (Å²) in [6, 6.07) is 11.1. The molecule has 5 heteroatoms. The van der Waals surface area contributed by atoms with Crippen LogP contribution in [0.3, 0.4) is 0 Å². The van der Waals surface area contributed by atoms with Crippen LogP contribution in [0.4, 0.5) is 5.69 Å². The summed E-state index contributed by atoms with van der Waals surface area (Å²) in [7, 11) is 3.13. The van der Waals surface area contributed by atoms with E-state index in [1.807, 2.05) is 24.3 Å². The lowest BCUT2D eigenvalue weighted by atomic mass is 9.87. The average molecular weight is 392 g/mol. The molecule has 2 aromatic carbocycles. The van der Waals surface area contributed by atoms with Gasteiger partial charge in [-0.3, -0.25) is 4.79 Å². The van der Waals surface area contributed by atoms with E-state index in [2.05, 4.69) is 42.0 Å². The molecule has 0 radical (unpaired) electrons. The summed E-state index contributed by atoms with van der Waals surface area (Å²) in [5.41, 5.74) is 2.38. The van der Waals surface area contributed by atoms with Gasteiger partial charge in [-0.1, -0.05) is 32.9 Å². The van der Waals surface area contributed by atoms with E-state index in [-0.39, 0.29) is 11.3 Å². The molecule has 128 valence electrons. The third-order valence-corrected chi connectivity index (χ3v) is 4.35. The van der Waals surface area contributed by atoms with Crippen molar-refractivity contribution in [2.75, 3.05) is 19.5 Å². The van der Waals surface area contributed by atoms with Crippen molar-refractivity contribution in [1.29, 1.82) is 0 Å². The molecular weight excluding hydrogens is 370 g/mol. The fraction of sp³-hybridized carbons (Fsp3) is 0.316.